The maximum atomic E-state index is 7.85. The van der Waals surface area contributed by atoms with Crippen LogP contribution >= 0.6 is 0 Å². The third-order valence-corrected chi connectivity index (χ3v) is 6.77. The number of pyridine rings is 1. The van der Waals surface area contributed by atoms with Crippen LogP contribution in [-0.2, 0) is 9.62 Å². The second-order valence-electron chi connectivity index (χ2n) is 7.94. The minimum atomic E-state index is -1.87. The van der Waals surface area contributed by atoms with Crippen molar-refractivity contribution in [2.75, 3.05) is 44.2 Å². The van der Waals surface area contributed by atoms with Crippen LogP contribution in [0.1, 0.15) is 12.8 Å². The molecule has 4 rings (SSSR count). The van der Waals surface area contributed by atoms with Gasteiger partial charge < -0.3 is 14.4 Å². The summed E-state index contributed by atoms with van der Waals surface area (Å²) in [5.74, 6) is 2.76. The molecule has 1 saturated carbocycles. The zero-order chi connectivity index (χ0) is 18.5. The van der Waals surface area contributed by atoms with E-state index in [1.807, 2.05) is 18.3 Å². The van der Waals surface area contributed by atoms with E-state index in [0.717, 1.165) is 35.5 Å². The lowest BCUT2D eigenvalue weighted by Crippen LogP contribution is -2.63. The van der Waals surface area contributed by atoms with E-state index < -0.39 is 9.62 Å². The second kappa shape index (κ2) is 6.01. The first-order valence-electron chi connectivity index (χ1n) is 8.83. The molecule has 140 valence electrons. The zero-order valence-corrected chi connectivity index (χ0v) is 16.4. The molecule has 2 aromatic rings. The summed E-state index contributed by atoms with van der Waals surface area (Å²) in [4.78, 5) is 6.90. The van der Waals surface area contributed by atoms with Gasteiger partial charge >= 0.3 is 0 Å². The fourth-order valence-electron chi connectivity index (χ4n) is 4.68. The highest BCUT2D eigenvalue weighted by Gasteiger charge is 2.52. The summed E-state index contributed by atoms with van der Waals surface area (Å²) >= 11 is 0. The van der Waals surface area contributed by atoms with Crippen molar-refractivity contribution in [2.24, 2.45) is 11.3 Å². The van der Waals surface area contributed by atoms with Crippen LogP contribution in [0.3, 0.4) is 0 Å². The summed E-state index contributed by atoms with van der Waals surface area (Å²) in [5.41, 5.74) is 2.51. The summed E-state index contributed by atoms with van der Waals surface area (Å²) in [6.07, 6.45) is 5.97. The summed E-state index contributed by atoms with van der Waals surface area (Å²) in [6.45, 7) is 2.11. The van der Waals surface area contributed by atoms with Crippen LogP contribution in [0, 0.1) is 20.9 Å². The molecule has 2 N–H and O–H groups in total. The number of fused-ring (bicyclic) bond motifs is 1. The first-order valence-corrected chi connectivity index (χ1v) is 11.0. The minimum Gasteiger partial charge on any atom is -0.493 e. The lowest BCUT2D eigenvalue weighted by Gasteiger charge is -2.60. The molecule has 26 heavy (non-hydrogen) atoms. The predicted molar refractivity (Wildman–Crippen MR) is 106 cm³/mol. The Kier molecular flexibility index (Phi) is 4.02. The number of methoxy groups -OCH3 is 2. The van der Waals surface area contributed by atoms with Crippen LogP contribution in [0.2, 0.25) is 0 Å². The summed E-state index contributed by atoms with van der Waals surface area (Å²) in [7, 11) is 1.42. The SMILES string of the molecule is COc1cc2nccc(N3CC4(CC(CS(C)(=N)=N)C4)C3)c2cc1OC. The highest BCUT2D eigenvalue weighted by atomic mass is 32.2. The van der Waals surface area contributed by atoms with Crippen LogP contribution in [0.25, 0.3) is 10.9 Å². The highest BCUT2D eigenvalue weighted by molar-refractivity contribution is 7.92. The maximum Gasteiger partial charge on any atom is 0.162 e. The van der Waals surface area contributed by atoms with Crippen LogP contribution in [0.15, 0.2) is 24.4 Å². The van der Waals surface area contributed by atoms with E-state index in [2.05, 4.69) is 16.0 Å². The van der Waals surface area contributed by atoms with Gasteiger partial charge in [-0.05, 0) is 30.9 Å². The number of hydrogen-bond donors (Lipinski definition) is 2. The van der Waals surface area contributed by atoms with E-state index in [9.17, 15) is 0 Å². The number of aromatic nitrogens is 1. The Morgan fingerprint density at radius 2 is 1.85 bits per heavy atom. The van der Waals surface area contributed by atoms with Crippen molar-refractivity contribution in [3.8, 4) is 11.5 Å². The average Bonchev–Trinajstić information content (AvgIpc) is 2.53. The number of benzene rings is 1. The third-order valence-electron chi connectivity index (χ3n) is 5.63. The molecule has 0 radical (unpaired) electrons. The van der Waals surface area contributed by atoms with Crippen molar-refractivity contribution in [1.29, 1.82) is 9.56 Å². The van der Waals surface area contributed by atoms with E-state index in [1.54, 1.807) is 20.5 Å². The Bertz CT molecular complexity index is 943. The molecular weight excluding hydrogens is 348 g/mol. The Morgan fingerprint density at radius 1 is 1.19 bits per heavy atom. The Labute approximate surface area is 154 Å². The minimum absolute atomic E-state index is 0.404. The molecule has 0 bridgehead atoms. The summed E-state index contributed by atoms with van der Waals surface area (Å²) in [6, 6.07) is 6.02. The lowest BCUT2D eigenvalue weighted by atomic mass is 9.58. The van der Waals surface area contributed by atoms with Gasteiger partial charge in [-0.3, -0.25) is 14.5 Å². The third kappa shape index (κ3) is 2.98. The number of nitrogens with zero attached hydrogens (tertiary/aromatic N) is 2. The first-order chi connectivity index (χ1) is 12.3. The smallest absolute Gasteiger partial charge is 0.162 e. The predicted octanol–water partition coefficient (Wildman–Crippen LogP) is 3.78. The maximum absolute atomic E-state index is 7.85. The van der Waals surface area contributed by atoms with Crippen molar-refractivity contribution in [3.63, 3.8) is 0 Å². The van der Waals surface area contributed by atoms with Gasteiger partial charge in [0.15, 0.2) is 11.5 Å². The van der Waals surface area contributed by atoms with Crippen molar-refractivity contribution in [1.82, 2.24) is 4.98 Å². The van der Waals surface area contributed by atoms with Gasteiger partial charge in [-0.15, -0.1) is 0 Å². The largest absolute Gasteiger partial charge is 0.493 e. The first kappa shape index (κ1) is 17.4. The molecule has 2 heterocycles. The average molecular weight is 375 g/mol. The molecule has 0 atom stereocenters. The standard InChI is InChI=1S/C19H26N4O2S/c1-24-17-6-14-15(7-18(17)25-2)22-5-4-16(14)23-11-19(12-23)8-13(9-19)10-26(3,20)21/h4-7,13,20-21H,8-12H2,1-3H3. The summed E-state index contributed by atoms with van der Waals surface area (Å²) < 4.78 is 26.5. The number of anilines is 1. The lowest BCUT2D eigenvalue weighted by molar-refractivity contribution is 0.0360. The molecule has 1 saturated heterocycles. The fraction of sp³-hybridized carbons (Fsp3) is 0.526. The van der Waals surface area contributed by atoms with Gasteiger partial charge in [0.05, 0.1) is 19.7 Å². The van der Waals surface area contributed by atoms with Crippen molar-refractivity contribution in [3.05, 3.63) is 24.4 Å². The molecule has 7 heteroatoms. The molecule has 0 unspecified atom stereocenters. The molecule has 2 fully saturated rings. The van der Waals surface area contributed by atoms with Gasteiger partial charge in [0.25, 0.3) is 0 Å². The van der Waals surface area contributed by atoms with Gasteiger partial charge in [0.2, 0.25) is 0 Å². The number of nitrogens with one attached hydrogen (secondary N) is 2. The molecule has 1 aliphatic heterocycles. The van der Waals surface area contributed by atoms with E-state index in [-0.39, 0.29) is 0 Å². The molecular formula is C19H26N4O2S. The van der Waals surface area contributed by atoms with Gasteiger partial charge in [-0.1, -0.05) is 9.62 Å². The molecule has 1 aromatic heterocycles. The second-order valence-corrected chi connectivity index (χ2v) is 10.4. The number of ether oxygens (including phenoxy) is 2. The fourth-order valence-corrected chi connectivity index (χ4v) is 5.86. The van der Waals surface area contributed by atoms with Gasteiger partial charge in [-0.25, -0.2) is 0 Å². The number of hydrogen-bond acceptors (Lipinski definition) is 6. The Morgan fingerprint density at radius 3 is 2.46 bits per heavy atom. The normalized spacial score (nSPS) is 19.3. The highest BCUT2D eigenvalue weighted by Crippen LogP contribution is 2.54. The van der Waals surface area contributed by atoms with Crippen molar-refractivity contribution in [2.45, 2.75) is 12.8 Å². The van der Waals surface area contributed by atoms with Crippen molar-refractivity contribution >= 4 is 26.2 Å². The number of rotatable bonds is 5. The van der Waals surface area contributed by atoms with Crippen LogP contribution < -0.4 is 14.4 Å². The zero-order valence-electron chi connectivity index (χ0n) is 15.5. The quantitative estimate of drug-likeness (QED) is 0.834. The molecule has 1 aromatic carbocycles. The Balaban J connectivity index is 1.53. The van der Waals surface area contributed by atoms with E-state index in [1.165, 1.54) is 18.5 Å². The molecule has 0 amide bonds. The van der Waals surface area contributed by atoms with Crippen molar-refractivity contribution < 1.29 is 9.47 Å². The Hall–Kier alpha value is -2.02. The van der Waals surface area contributed by atoms with Gasteiger partial charge in [-0.2, -0.15) is 0 Å². The summed E-state index contributed by atoms with van der Waals surface area (Å²) in [5, 5.41) is 1.09. The van der Waals surface area contributed by atoms with E-state index in [0.29, 0.717) is 17.1 Å². The van der Waals surface area contributed by atoms with Crippen LogP contribution in [0.4, 0.5) is 5.69 Å². The van der Waals surface area contributed by atoms with E-state index in [4.69, 9.17) is 19.0 Å². The topological polar surface area (TPSA) is 82.3 Å². The molecule has 1 spiro atoms. The van der Waals surface area contributed by atoms with Crippen LogP contribution in [-0.4, -0.2) is 44.3 Å². The molecule has 6 nitrogen and oxygen atoms in total. The van der Waals surface area contributed by atoms with Gasteiger partial charge in [0.1, 0.15) is 0 Å². The monoisotopic (exact) mass is 374 g/mol. The van der Waals surface area contributed by atoms with Crippen LogP contribution in [0.5, 0.6) is 11.5 Å². The van der Waals surface area contributed by atoms with E-state index >= 15 is 0 Å². The molecule has 2 aliphatic rings. The molecule has 1 aliphatic carbocycles. The van der Waals surface area contributed by atoms with Gasteiger partial charge in [0, 0.05) is 53.8 Å².